The topological polar surface area (TPSA) is 82.4 Å². The minimum Gasteiger partial charge on any atom is -0.497 e. The van der Waals surface area contributed by atoms with E-state index < -0.39 is 5.97 Å². The molecule has 1 aromatic heterocycles. The minimum absolute atomic E-state index is 0.00264. The summed E-state index contributed by atoms with van der Waals surface area (Å²) in [7, 11) is 4.22. The highest BCUT2D eigenvalue weighted by atomic mass is 32.1. The molecule has 0 aliphatic heterocycles. The Kier molecular flexibility index (Phi) is 5.81. The van der Waals surface area contributed by atoms with Gasteiger partial charge in [0, 0.05) is 11.6 Å². The van der Waals surface area contributed by atoms with E-state index in [2.05, 4.69) is 24.7 Å². The number of aromatic nitrogens is 1. The largest absolute Gasteiger partial charge is 0.497 e. The lowest BCUT2D eigenvalue weighted by atomic mass is 10.2. The molecule has 0 N–H and O–H groups in total. The third kappa shape index (κ3) is 4.36. The molecule has 0 saturated carbocycles. The Bertz CT molecular complexity index is 723. The van der Waals surface area contributed by atoms with E-state index in [0.717, 1.165) is 11.3 Å². The first-order valence-electron chi connectivity index (χ1n) is 6.51. The summed E-state index contributed by atoms with van der Waals surface area (Å²) in [6.07, 6.45) is 1.67. The SMILES string of the molecule is CO/N=C(\C(=O)OC)c1csc(/N=C/c2ccc(OC)cc2)n1. The molecule has 23 heavy (non-hydrogen) atoms. The molecule has 0 amide bonds. The predicted octanol–water partition coefficient (Wildman–Crippen LogP) is 2.43. The maximum Gasteiger partial charge on any atom is 0.362 e. The number of carbonyl (C=O) groups is 1. The molecule has 7 nitrogen and oxygen atoms in total. The van der Waals surface area contributed by atoms with Crippen molar-refractivity contribution in [3.63, 3.8) is 0 Å². The van der Waals surface area contributed by atoms with Gasteiger partial charge in [-0.1, -0.05) is 5.16 Å². The number of nitrogens with zero attached hydrogens (tertiary/aromatic N) is 3. The third-order valence-corrected chi connectivity index (χ3v) is 3.48. The first-order chi connectivity index (χ1) is 11.2. The maximum atomic E-state index is 11.6. The van der Waals surface area contributed by atoms with Gasteiger partial charge in [-0.05, 0) is 29.8 Å². The lowest BCUT2D eigenvalue weighted by Gasteiger charge is -1.99. The summed E-state index contributed by atoms with van der Waals surface area (Å²) >= 11 is 1.28. The van der Waals surface area contributed by atoms with Crippen molar-refractivity contribution < 1.29 is 19.1 Å². The van der Waals surface area contributed by atoms with Crippen LogP contribution < -0.4 is 4.74 Å². The second-order valence-corrected chi connectivity index (χ2v) is 5.00. The summed E-state index contributed by atoms with van der Waals surface area (Å²) in [6, 6.07) is 7.44. The second-order valence-electron chi connectivity index (χ2n) is 4.16. The Morgan fingerprint density at radius 3 is 2.57 bits per heavy atom. The summed E-state index contributed by atoms with van der Waals surface area (Å²) in [5, 5.41) is 5.79. The van der Waals surface area contributed by atoms with Crippen LogP contribution >= 0.6 is 11.3 Å². The van der Waals surface area contributed by atoms with Gasteiger partial charge in [-0.2, -0.15) is 0 Å². The monoisotopic (exact) mass is 333 g/mol. The van der Waals surface area contributed by atoms with Crippen LogP contribution in [0.4, 0.5) is 5.13 Å². The van der Waals surface area contributed by atoms with Gasteiger partial charge in [-0.3, -0.25) is 0 Å². The van der Waals surface area contributed by atoms with Gasteiger partial charge in [0.2, 0.25) is 10.8 Å². The molecule has 0 saturated heterocycles. The first-order valence-corrected chi connectivity index (χ1v) is 7.39. The zero-order valence-corrected chi connectivity index (χ0v) is 13.7. The van der Waals surface area contributed by atoms with Crippen molar-refractivity contribution in [2.75, 3.05) is 21.3 Å². The van der Waals surface area contributed by atoms with E-state index in [1.54, 1.807) is 18.7 Å². The number of oxime groups is 1. The lowest BCUT2D eigenvalue weighted by molar-refractivity contribution is -0.132. The van der Waals surface area contributed by atoms with Crippen LogP contribution in [0.1, 0.15) is 11.3 Å². The van der Waals surface area contributed by atoms with Crippen molar-refractivity contribution in [1.29, 1.82) is 0 Å². The fourth-order valence-corrected chi connectivity index (χ4v) is 2.27. The van der Waals surface area contributed by atoms with Crippen molar-refractivity contribution in [3.8, 4) is 5.75 Å². The van der Waals surface area contributed by atoms with Crippen LogP contribution in [0.2, 0.25) is 0 Å². The molecule has 1 heterocycles. The molecule has 0 unspecified atom stereocenters. The average Bonchev–Trinajstić information content (AvgIpc) is 3.06. The van der Waals surface area contributed by atoms with Crippen molar-refractivity contribution in [2.24, 2.45) is 10.1 Å². The van der Waals surface area contributed by atoms with E-state index in [1.165, 1.54) is 25.6 Å². The molecule has 2 rings (SSSR count). The van der Waals surface area contributed by atoms with Crippen LogP contribution in [0.25, 0.3) is 0 Å². The number of rotatable bonds is 6. The number of aliphatic imine (C=N–C) groups is 1. The van der Waals surface area contributed by atoms with Crippen molar-refractivity contribution in [1.82, 2.24) is 4.98 Å². The smallest absolute Gasteiger partial charge is 0.362 e. The summed E-state index contributed by atoms with van der Waals surface area (Å²) in [5.74, 6) is 0.153. The number of thiazole rings is 1. The zero-order chi connectivity index (χ0) is 16.7. The number of benzene rings is 1. The van der Waals surface area contributed by atoms with Crippen molar-refractivity contribution >= 4 is 34.4 Å². The third-order valence-electron chi connectivity index (χ3n) is 2.74. The van der Waals surface area contributed by atoms with Gasteiger partial charge < -0.3 is 14.3 Å². The molecular weight excluding hydrogens is 318 g/mol. The fourth-order valence-electron chi connectivity index (χ4n) is 1.63. The van der Waals surface area contributed by atoms with E-state index in [0.29, 0.717) is 10.8 Å². The summed E-state index contributed by atoms with van der Waals surface area (Å²) in [4.78, 5) is 24.8. The van der Waals surface area contributed by atoms with Gasteiger partial charge in [-0.15, -0.1) is 11.3 Å². The number of hydrogen-bond donors (Lipinski definition) is 0. The summed E-state index contributed by atoms with van der Waals surface area (Å²) in [6.45, 7) is 0. The second kappa shape index (κ2) is 8.04. The highest BCUT2D eigenvalue weighted by Gasteiger charge is 2.18. The zero-order valence-electron chi connectivity index (χ0n) is 12.8. The van der Waals surface area contributed by atoms with E-state index in [4.69, 9.17) is 4.74 Å². The van der Waals surface area contributed by atoms with E-state index in [9.17, 15) is 4.79 Å². The Balaban J connectivity index is 2.16. The van der Waals surface area contributed by atoms with Crippen molar-refractivity contribution in [2.45, 2.75) is 0 Å². The Morgan fingerprint density at radius 2 is 1.96 bits per heavy atom. The van der Waals surface area contributed by atoms with E-state index in [1.807, 2.05) is 24.3 Å². The Morgan fingerprint density at radius 1 is 1.22 bits per heavy atom. The highest BCUT2D eigenvalue weighted by Crippen LogP contribution is 2.20. The van der Waals surface area contributed by atoms with Gasteiger partial charge in [0.15, 0.2) is 0 Å². The molecule has 2 aromatic rings. The van der Waals surface area contributed by atoms with Crippen LogP contribution in [0.15, 0.2) is 39.8 Å². The highest BCUT2D eigenvalue weighted by molar-refractivity contribution is 7.13. The number of ether oxygens (including phenoxy) is 2. The van der Waals surface area contributed by atoms with Crippen LogP contribution in [0, 0.1) is 0 Å². The Labute approximate surface area is 137 Å². The van der Waals surface area contributed by atoms with Crippen molar-refractivity contribution in [3.05, 3.63) is 40.9 Å². The summed E-state index contributed by atoms with van der Waals surface area (Å²) in [5.41, 5.74) is 1.25. The molecule has 0 spiro atoms. The quantitative estimate of drug-likeness (QED) is 0.461. The average molecular weight is 333 g/mol. The Hall–Kier alpha value is -2.74. The van der Waals surface area contributed by atoms with Gasteiger partial charge in [0.05, 0.1) is 14.2 Å². The molecule has 0 aliphatic rings. The number of hydrogen-bond acceptors (Lipinski definition) is 8. The molecule has 1 aromatic carbocycles. The molecule has 0 fully saturated rings. The standard InChI is InChI=1S/C15H15N3O4S/c1-20-11-6-4-10(5-7-11)8-16-15-17-12(9-23-15)13(18-22-3)14(19)21-2/h4-9H,1-3H3/b16-8+,18-13-. The molecular formula is C15H15N3O4S. The van der Waals surface area contributed by atoms with Crippen LogP contribution in [0.3, 0.4) is 0 Å². The van der Waals surface area contributed by atoms with E-state index in [-0.39, 0.29) is 5.71 Å². The van der Waals surface area contributed by atoms with Gasteiger partial charge in [0.25, 0.3) is 0 Å². The number of methoxy groups -OCH3 is 2. The molecule has 8 heteroatoms. The summed E-state index contributed by atoms with van der Waals surface area (Å²) < 4.78 is 9.74. The first kappa shape index (κ1) is 16.6. The normalized spacial score (nSPS) is 11.5. The molecule has 0 bridgehead atoms. The van der Waals surface area contributed by atoms with Crippen LogP contribution in [-0.2, 0) is 14.4 Å². The van der Waals surface area contributed by atoms with Crippen LogP contribution in [-0.4, -0.2) is 44.2 Å². The van der Waals surface area contributed by atoms with E-state index >= 15 is 0 Å². The fraction of sp³-hybridized carbons (Fsp3) is 0.200. The molecule has 0 aliphatic carbocycles. The number of carbonyl (C=O) groups excluding carboxylic acids is 1. The van der Waals surface area contributed by atoms with Gasteiger partial charge >= 0.3 is 5.97 Å². The lowest BCUT2D eigenvalue weighted by Crippen LogP contribution is -2.17. The molecule has 0 radical (unpaired) electrons. The molecule has 0 atom stereocenters. The maximum absolute atomic E-state index is 11.6. The molecule has 120 valence electrons. The number of esters is 1. The van der Waals surface area contributed by atoms with Gasteiger partial charge in [0.1, 0.15) is 18.6 Å². The predicted molar refractivity (Wildman–Crippen MR) is 87.9 cm³/mol. The minimum atomic E-state index is -0.622. The van der Waals surface area contributed by atoms with Crippen LogP contribution in [0.5, 0.6) is 5.75 Å². The van der Waals surface area contributed by atoms with Gasteiger partial charge in [-0.25, -0.2) is 14.8 Å².